The SMILES string of the molecule is CCNc1ncc(CCO)cc1C=O. The average Bonchev–Trinajstić information content (AvgIpc) is 2.21. The van der Waals surface area contributed by atoms with E-state index in [9.17, 15) is 4.79 Å². The summed E-state index contributed by atoms with van der Waals surface area (Å²) < 4.78 is 0. The largest absolute Gasteiger partial charge is 0.396 e. The standard InChI is InChI=1S/C10H14N2O2/c1-2-11-10-9(7-14)5-8(3-4-13)6-12-10/h5-7,13H,2-4H2,1H3,(H,11,12). The molecular weight excluding hydrogens is 180 g/mol. The maximum atomic E-state index is 10.7. The summed E-state index contributed by atoms with van der Waals surface area (Å²) in [6, 6.07) is 1.74. The van der Waals surface area contributed by atoms with Gasteiger partial charge in [0, 0.05) is 19.3 Å². The molecule has 76 valence electrons. The Morgan fingerprint density at radius 3 is 3.00 bits per heavy atom. The number of hydrogen-bond acceptors (Lipinski definition) is 4. The lowest BCUT2D eigenvalue weighted by Gasteiger charge is -2.06. The summed E-state index contributed by atoms with van der Waals surface area (Å²) in [6.45, 7) is 2.74. The van der Waals surface area contributed by atoms with Gasteiger partial charge in [-0.3, -0.25) is 4.79 Å². The zero-order chi connectivity index (χ0) is 10.4. The van der Waals surface area contributed by atoms with Crippen molar-refractivity contribution in [3.63, 3.8) is 0 Å². The molecule has 2 N–H and O–H groups in total. The molecule has 4 nitrogen and oxygen atoms in total. The first-order chi connectivity index (χ1) is 6.81. The van der Waals surface area contributed by atoms with E-state index in [-0.39, 0.29) is 6.61 Å². The molecule has 0 spiro atoms. The van der Waals surface area contributed by atoms with Crippen molar-refractivity contribution >= 4 is 12.1 Å². The first kappa shape index (κ1) is 10.7. The minimum absolute atomic E-state index is 0.0700. The Balaban J connectivity index is 2.92. The number of nitrogens with one attached hydrogen (secondary N) is 1. The van der Waals surface area contributed by atoms with Crippen LogP contribution in [0.4, 0.5) is 5.82 Å². The van der Waals surface area contributed by atoms with E-state index in [0.717, 1.165) is 18.4 Å². The highest BCUT2D eigenvalue weighted by Gasteiger charge is 2.03. The number of pyridine rings is 1. The summed E-state index contributed by atoms with van der Waals surface area (Å²) in [6.07, 6.45) is 2.97. The van der Waals surface area contributed by atoms with E-state index < -0.39 is 0 Å². The number of anilines is 1. The molecule has 0 aromatic carbocycles. The summed E-state index contributed by atoms with van der Waals surface area (Å²) in [4.78, 5) is 14.8. The summed E-state index contributed by atoms with van der Waals surface area (Å²) in [5.41, 5.74) is 1.41. The molecule has 0 bridgehead atoms. The Morgan fingerprint density at radius 1 is 1.64 bits per heavy atom. The third-order valence-electron chi connectivity index (χ3n) is 1.85. The second kappa shape index (κ2) is 5.34. The molecule has 14 heavy (non-hydrogen) atoms. The zero-order valence-electron chi connectivity index (χ0n) is 8.16. The first-order valence-corrected chi connectivity index (χ1v) is 4.60. The van der Waals surface area contributed by atoms with Gasteiger partial charge in [-0.05, 0) is 25.0 Å². The number of aldehydes is 1. The number of hydrogen-bond donors (Lipinski definition) is 2. The molecule has 0 aliphatic heterocycles. The third-order valence-corrected chi connectivity index (χ3v) is 1.85. The van der Waals surface area contributed by atoms with Gasteiger partial charge >= 0.3 is 0 Å². The number of nitrogens with zero attached hydrogens (tertiary/aromatic N) is 1. The van der Waals surface area contributed by atoms with Gasteiger partial charge in [0.25, 0.3) is 0 Å². The van der Waals surface area contributed by atoms with Crippen LogP contribution in [0.25, 0.3) is 0 Å². The molecule has 0 fully saturated rings. The highest BCUT2D eigenvalue weighted by Crippen LogP contribution is 2.11. The Labute approximate surface area is 83.0 Å². The van der Waals surface area contributed by atoms with Crippen molar-refractivity contribution in [2.45, 2.75) is 13.3 Å². The molecule has 0 unspecified atom stereocenters. The lowest BCUT2D eigenvalue weighted by Crippen LogP contribution is -2.04. The predicted molar refractivity (Wildman–Crippen MR) is 54.6 cm³/mol. The monoisotopic (exact) mass is 194 g/mol. The summed E-state index contributed by atoms with van der Waals surface area (Å²) in [7, 11) is 0. The number of aromatic nitrogens is 1. The third kappa shape index (κ3) is 2.53. The fraction of sp³-hybridized carbons (Fsp3) is 0.400. The topological polar surface area (TPSA) is 62.2 Å². The molecule has 0 radical (unpaired) electrons. The number of aliphatic hydroxyl groups excluding tert-OH is 1. The van der Waals surface area contributed by atoms with Crippen molar-refractivity contribution in [1.29, 1.82) is 0 Å². The van der Waals surface area contributed by atoms with Crippen LogP contribution in [0.1, 0.15) is 22.8 Å². The number of carbonyl (C=O) groups excluding carboxylic acids is 1. The van der Waals surface area contributed by atoms with Gasteiger partial charge in [-0.1, -0.05) is 0 Å². The molecule has 0 amide bonds. The Morgan fingerprint density at radius 2 is 2.43 bits per heavy atom. The summed E-state index contributed by atoms with van der Waals surface area (Å²) >= 11 is 0. The molecular formula is C10H14N2O2. The average molecular weight is 194 g/mol. The maximum absolute atomic E-state index is 10.7. The highest BCUT2D eigenvalue weighted by molar-refractivity contribution is 5.82. The molecule has 4 heteroatoms. The van der Waals surface area contributed by atoms with E-state index in [2.05, 4.69) is 10.3 Å². The van der Waals surface area contributed by atoms with Crippen LogP contribution in [0.15, 0.2) is 12.3 Å². The van der Waals surface area contributed by atoms with Crippen LogP contribution in [0.2, 0.25) is 0 Å². The van der Waals surface area contributed by atoms with Crippen LogP contribution in [0.5, 0.6) is 0 Å². The first-order valence-electron chi connectivity index (χ1n) is 4.60. The van der Waals surface area contributed by atoms with Crippen LogP contribution in [0.3, 0.4) is 0 Å². The number of aliphatic hydroxyl groups is 1. The number of carbonyl (C=O) groups is 1. The van der Waals surface area contributed by atoms with Crippen molar-refractivity contribution in [2.24, 2.45) is 0 Å². The Bertz CT molecular complexity index is 313. The quantitative estimate of drug-likeness (QED) is 0.682. The van der Waals surface area contributed by atoms with Gasteiger partial charge in [0.2, 0.25) is 0 Å². The van der Waals surface area contributed by atoms with Crippen LogP contribution < -0.4 is 5.32 Å². The van der Waals surface area contributed by atoms with E-state index in [1.165, 1.54) is 0 Å². The van der Waals surface area contributed by atoms with Crippen molar-refractivity contribution in [2.75, 3.05) is 18.5 Å². The molecule has 0 atom stereocenters. The van der Waals surface area contributed by atoms with Crippen LogP contribution in [0, 0.1) is 0 Å². The Hall–Kier alpha value is -1.42. The minimum Gasteiger partial charge on any atom is -0.396 e. The maximum Gasteiger partial charge on any atom is 0.153 e. The molecule has 1 rings (SSSR count). The molecule has 0 saturated carbocycles. The smallest absolute Gasteiger partial charge is 0.153 e. The van der Waals surface area contributed by atoms with E-state index in [1.807, 2.05) is 6.92 Å². The zero-order valence-corrected chi connectivity index (χ0v) is 8.16. The fourth-order valence-electron chi connectivity index (χ4n) is 1.20. The second-order valence-electron chi connectivity index (χ2n) is 2.90. The lowest BCUT2D eigenvalue weighted by atomic mass is 10.1. The molecule has 1 aromatic rings. The van der Waals surface area contributed by atoms with Gasteiger partial charge in [0.15, 0.2) is 6.29 Å². The van der Waals surface area contributed by atoms with Gasteiger partial charge in [-0.25, -0.2) is 4.98 Å². The molecule has 0 saturated heterocycles. The van der Waals surface area contributed by atoms with Crippen molar-refractivity contribution in [3.05, 3.63) is 23.4 Å². The van der Waals surface area contributed by atoms with E-state index >= 15 is 0 Å². The van der Waals surface area contributed by atoms with E-state index in [1.54, 1.807) is 12.3 Å². The van der Waals surface area contributed by atoms with Crippen LogP contribution >= 0.6 is 0 Å². The predicted octanol–water partition coefficient (Wildman–Crippen LogP) is 0.861. The van der Waals surface area contributed by atoms with Crippen molar-refractivity contribution in [3.8, 4) is 0 Å². The molecule has 0 aliphatic carbocycles. The van der Waals surface area contributed by atoms with E-state index in [0.29, 0.717) is 17.8 Å². The summed E-state index contributed by atoms with van der Waals surface area (Å²) in [5.74, 6) is 0.601. The normalized spacial score (nSPS) is 9.86. The van der Waals surface area contributed by atoms with Gasteiger partial charge in [0.1, 0.15) is 5.82 Å². The summed E-state index contributed by atoms with van der Waals surface area (Å²) in [5, 5.41) is 11.7. The van der Waals surface area contributed by atoms with Gasteiger partial charge in [-0.15, -0.1) is 0 Å². The van der Waals surface area contributed by atoms with Crippen molar-refractivity contribution in [1.82, 2.24) is 4.98 Å². The van der Waals surface area contributed by atoms with Gasteiger partial charge < -0.3 is 10.4 Å². The van der Waals surface area contributed by atoms with Crippen LogP contribution in [-0.4, -0.2) is 29.5 Å². The van der Waals surface area contributed by atoms with Crippen molar-refractivity contribution < 1.29 is 9.90 Å². The second-order valence-corrected chi connectivity index (χ2v) is 2.90. The lowest BCUT2D eigenvalue weighted by molar-refractivity contribution is 0.112. The highest BCUT2D eigenvalue weighted by atomic mass is 16.2. The molecule has 1 aromatic heterocycles. The van der Waals surface area contributed by atoms with Gasteiger partial charge in [-0.2, -0.15) is 0 Å². The molecule has 0 aliphatic rings. The van der Waals surface area contributed by atoms with E-state index in [4.69, 9.17) is 5.11 Å². The molecule has 1 heterocycles. The Kier molecular flexibility index (Phi) is 4.07. The van der Waals surface area contributed by atoms with Crippen LogP contribution in [-0.2, 0) is 6.42 Å². The minimum atomic E-state index is 0.0700. The van der Waals surface area contributed by atoms with Gasteiger partial charge in [0.05, 0.1) is 5.56 Å². The number of rotatable bonds is 5. The fourth-order valence-corrected chi connectivity index (χ4v) is 1.20.